The van der Waals surface area contributed by atoms with Gasteiger partial charge in [0.2, 0.25) is 0 Å². The normalized spacial score (nSPS) is 13.2. The Hall–Kier alpha value is -0.900. The summed E-state index contributed by atoms with van der Waals surface area (Å²) in [4.78, 5) is 4.24. The molecule has 0 radical (unpaired) electrons. The molecule has 0 aliphatic heterocycles. The largest absolute Gasteiger partial charge is 0.383 e. The summed E-state index contributed by atoms with van der Waals surface area (Å²) in [5, 5.41) is 4.15. The molecule has 0 aliphatic carbocycles. The fourth-order valence-electron chi connectivity index (χ4n) is 1.19. The summed E-state index contributed by atoms with van der Waals surface area (Å²) in [6.45, 7) is 5.79. The lowest BCUT2D eigenvalue weighted by molar-refractivity contribution is 0.182. The number of rotatable bonds is 5. The Bertz CT molecular complexity index is 247. The smallest absolute Gasteiger partial charge is 0.138 e. The van der Waals surface area contributed by atoms with E-state index in [-0.39, 0.29) is 0 Å². The monoisotopic (exact) mass is 183 g/mol. The van der Waals surface area contributed by atoms with Crippen LogP contribution in [0.3, 0.4) is 0 Å². The van der Waals surface area contributed by atoms with Gasteiger partial charge in [-0.25, -0.2) is 9.67 Å². The van der Waals surface area contributed by atoms with Crippen LogP contribution in [-0.2, 0) is 11.3 Å². The van der Waals surface area contributed by atoms with E-state index in [0.29, 0.717) is 12.5 Å². The minimum absolute atomic E-state index is 0.472. The maximum Gasteiger partial charge on any atom is 0.138 e. The summed E-state index contributed by atoms with van der Waals surface area (Å²) in [5.41, 5.74) is 0. The molecule has 0 saturated heterocycles. The standard InChI is InChI=1S/C9H17N3O/c1-4-8(2)9-10-7-11-12(9)5-6-13-3/h7-8H,4-6H2,1-3H3. The molecule has 1 aromatic heterocycles. The van der Waals surface area contributed by atoms with Gasteiger partial charge < -0.3 is 4.74 Å². The van der Waals surface area contributed by atoms with Crippen LogP contribution in [-0.4, -0.2) is 28.5 Å². The molecule has 4 heteroatoms. The van der Waals surface area contributed by atoms with E-state index in [9.17, 15) is 0 Å². The Morgan fingerprint density at radius 1 is 1.62 bits per heavy atom. The van der Waals surface area contributed by atoms with Crippen molar-refractivity contribution in [2.45, 2.75) is 32.7 Å². The highest BCUT2D eigenvalue weighted by Gasteiger charge is 2.10. The van der Waals surface area contributed by atoms with Crippen LogP contribution in [0.25, 0.3) is 0 Å². The molecule has 0 fully saturated rings. The quantitative estimate of drug-likeness (QED) is 0.693. The van der Waals surface area contributed by atoms with Crippen molar-refractivity contribution in [2.75, 3.05) is 13.7 Å². The Morgan fingerprint density at radius 2 is 2.38 bits per heavy atom. The molecule has 1 heterocycles. The van der Waals surface area contributed by atoms with Crippen molar-refractivity contribution in [1.29, 1.82) is 0 Å². The highest BCUT2D eigenvalue weighted by molar-refractivity contribution is 4.92. The maximum absolute atomic E-state index is 4.99. The second-order valence-corrected chi connectivity index (χ2v) is 3.14. The molecule has 0 N–H and O–H groups in total. The Balaban J connectivity index is 2.65. The summed E-state index contributed by atoms with van der Waals surface area (Å²) in [6, 6.07) is 0. The third-order valence-electron chi connectivity index (χ3n) is 2.21. The van der Waals surface area contributed by atoms with Crippen LogP contribution in [0.4, 0.5) is 0 Å². The topological polar surface area (TPSA) is 39.9 Å². The lowest BCUT2D eigenvalue weighted by Gasteiger charge is -2.09. The summed E-state index contributed by atoms with van der Waals surface area (Å²) in [7, 11) is 1.69. The molecule has 0 aliphatic rings. The van der Waals surface area contributed by atoms with Crippen molar-refractivity contribution >= 4 is 0 Å². The van der Waals surface area contributed by atoms with Gasteiger partial charge in [-0.1, -0.05) is 13.8 Å². The molecule has 0 amide bonds. The minimum Gasteiger partial charge on any atom is -0.383 e. The van der Waals surface area contributed by atoms with Crippen molar-refractivity contribution in [3.63, 3.8) is 0 Å². The van der Waals surface area contributed by atoms with Crippen LogP contribution in [0.5, 0.6) is 0 Å². The van der Waals surface area contributed by atoms with Crippen molar-refractivity contribution in [2.24, 2.45) is 0 Å². The van der Waals surface area contributed by atoms with Crippen molar-refractivity contribution < 1.29 is 4.74 Å². The number of ether oxygens (including phenoxy) is 1. The molecule has 1 aromatic rings. The van der Waals surface area contributed by atoms with Crippen molar-refractivity contribution in [1.82, 2.24) is 14.8 Å². The maximum atomic E-state index is 4.99. The summed E-state index contributed by atoms with van der Waals surface area (Å²) in [5.74, 6) is 1.53. The van der Waals surface area contributed by atoms with E-state index in [4.69, 9.17) is 4.74 Å². The third-order valence-corrected chi connectivity index (χ3v) is 2.21. The lowest BCUT2D eigenvalue weighted by Crippen LogP contribution is -2.11. The molecule has 13 heavy (non-hydrogen) atoms. The van der Waals surface area contributed by atoms with Gasteiger partial charge in [0.15, 0.2) is 0 Å². The first-order valence-corrected chi connectivity index (χ1v) is 4.66. The molecule has 4 nitrogen and oxygen atoms in total. The van der Waals surface area contributed by atoms with Crippen LogP contribution in [0.1, 0.15) is 32.0 Å². The fraction of sp³-hybridized carbons (Fsp3) is 0.778. The average molecular weight is 183 g/mol. The van der Waals surface area contributed by atoms with Gasteiger partial charge in [-0.2, -0.15) is 5.10 Å². The van der Waals surface area contributed by atoms with Gasteiger partial charge in [0.05, 0.1) is 13.2 Å². The first-order valence-electron chi connectivity index (χ1n) is 4.66. The minimum atomic E-state index is 0.472. The molecule has 1 unspecified atom stereocenters. The van der Waals surface area contributed by atoms with E-state index in [2.05, 4.69) is 23.9 Å². The summed E-state index contributed by atoms with van der Waals surface area (Å²) >= 11 is 0. The van der Waals surface area contributed by atoms with Crippen molar-refractivity contribution in [3.05, 3.63) is 12.2 Å². The number of hydrogen-bond acceptors (Lipinski definition) is 3. The van der Waals surface area contributed by atoms with Crippen LogP contribution < -0.4 is 0 Å². The van der Waals surface area contributed by atoms with Crippen LogP contribution >= 0.6 is 0 Å². The highest BCUT2D eigenvalue weighted by atomic mass is 16.5. The molecule has 0 bridgehead atoms. The molecular formula is C9H17N3O. The molecule has 0 spiro atoms. The number of hydrogen-bond donors (Lipinski definition) is 0. The molecular weight excluding hydrogens is 166 g/mol. The molecule has 0 aromatic carbocycles. The second kappa shape index (κ2) is 4.97. The first kappa shape index (κ1) is 10.2. The van der Waals surface area contributed by atoms with Crippen LogP contribution in [0.15, 0.2) is 6.33 Å². The molecule has 0 saturated carbocycles. The molecule has 74 valence electrons. The van der Waals surface area contributed by atoms with Gasteiger partial charge in [0, 0.05) is 13.0 Å². The van der Waals surface area contributed by atoms with E-state index in [1.165, 1.54) is 0 Å². The molecule has 1 atom stereocenters. The zero-order valence-corrected chi connectivity index (χ0v) is 8.53. The predicted molar refractivity (Wildman–Crippen MR) is 50.6 cm³/mol. The van der Waals surface area contributed by atoms with Gasteiger partial charge >= 0.3 is 0 Å². The average Bonchev–Trinajstić information content (AvgIpc) is 2.61. The summed E-state index contributed by atoms with van der Waals surface area (Å²) in [6.07, 6.45) is 2.70. The SMILES string of the molecule is CCC(C)c1ncnn1CCOC. The van der Waals surface area contributed by atoms with Gasteiger partial charge in [0.25, 0.3) is 0 Å². The van der Waals surface area contributed by atoms with Crippen molar-refractivity contribution in [3.8, 4) is 0 Å². The Labute approximate surface area is 78.9 Å². The number of nitrogens with zero attached hydrogens (tertiary/aromatic N) is 3. The van der Waals surface area contributed by atoms with E-state index < -0.39 is 0 Å². The molecule has 1 rings (SSSR count). The zero-order chi connectivity index (χ0) is 9.68. The van der Waals surface area contributed by atoms with E-state index in [0.717, 1.165) is 18.8 Å². The first-order chi connectivity index (χ1) is 6.29. The van der Waals surface area contributed by atoms with Crippen LogP contribution in [0, 0.1) is 0 Å². The van der Waals surface area contributed by atoms with Gasteiger partial charge in [-0.05, 0) is 6.42 Å². The van der Waals surface area contributed by atoms with Gasteiger partial charge in [-0.15, -0.1) is 0 Å². The highest BCUT2D eigenvalue weighted by Crippen LogP contribution is 2.14. The number of aromatic nitrogens is 3. The lowest BCUT2D eigenvalue weighted by atomic mass is 10.1. The Morgan fingerprint density at radius 3 is 3.00 bits per heavy atom. The fourth-order valence-corrected chi connectivity index (χ4v) is 1.19. The summed E-state index contributed by atoms with van der Waals surface area (Å²) < 4.78 is 6.91. The van der Waals surface area contributed by atoms with Gasteiger partial charge in [-0.3, -0.25) is 0 Å². The van der Waals surface area contributed by atoms with E-state index >= 15 is 0 Å². The van der Waals surface area contributed by atoms with Crippen LogP contribution in [0.2, 0.25) is 0 Å². The van der Waals surface area contributed by atoms with Gasteiger partial charge in [0.1, 0.15) is 12.2 Å². The second-order valence-electron chi connectivity index (χ2n) is 3.14. The number of methoxy groups -OCH3 is 1. The van der Waals surface area contributed by atoms with E-state index in [1.54, 1.807) is 13.4 Å². The van der Waals surface area contributed by atoms with E-state index in [1.807, 2.05) is 4.68 Å². The predicted octanol–water partition coefficient (Wildman–Crippen LogP) is 1.44. The zero-order valence-electron chi connectivity index (χ0n) is 8.53. The third kappa shape index (κ3) is 2.52. The Kier molecular flexibility index (Phi) is 3.89.